The first-order valence-corrected chi connectivity index (χ1v) is 14.5. The number of thioether (sulfide) groups is 1. The molecule has 2 bridgehead atoms. The van der Waals surface area contributed by atoms with Crippen molar-refractivity contribution in [3.8, 4) is 0 Å². The lowest BCUT2D eigenvalue weighted by atomic mass is 9.66. The quantitative estimate of drug-likeness (QED) is 0.189. The number of aliphatic hydroxyl groups excluding tert-OH is 1. The van der Waals surface area contributed by atoms with Crippen molar-refractivity contribution < 1.29 is 24.2 Å². The molecule has 1 spiro atoms. The molecule has 3 aliphatic rings. The summed E-state index contributed by atoms with van der Waals surface area (Å²) in [6.07, 6.45) is 10.3. The third kappa shape index (κ3) is 5.40. The minimum Gasteiger partial charge on any atom is -0.465 e. The number of hydrogen-bond donors (Lipinski definition) is 1. The second kappa shape index (κ2) is 13.1. The molecule has 0 aromatic carbocycles. The van der Waals surface area contributed by atoms with Crippen LogP contribution in [0.5, 0.6) is 0 Å². The van der Waals surface area contributed by atoms with Crippen LogP contribution in [0.1, 0.15) is 65.2 Å². The fourth-order valence-electron chi connectivity index (χ4n) is 6.38. The van der Waals surface area contributed by atoms with Crippen molar-refractivity contribution in [2.75, 3.05) is 32.8 Å². The number of amides is 2. The highest BCUT2D eigenvalue weighted by atomic mass is 32.2. The molecule has 2 amide bonds. The largest absolute Gasteiger partial charge is 0.465 e. The molecule has 3 saturated heterocycles. The number of hydrogen-bond acceptors (Lipinski definition) is 6. The third-order valence-corrected chi connectivity index (χ3v) is 10.1. The van der Waals surface area contributed by atoms with Gasteiger partial charge in [-0.15, -0.1) is 24.9 Å². The van der Waals surface area contributed by atoms with E-state index in [9.17, 15) is 19.5 Å². The lowest BCUT2D eigenvalue weighted by Crippen LogP contribution is -2.57. The molecule has 3 rings (SSSR count). The number of esters is 1. The van der Waals surface area contributed by atoms with Crippen LogP contribution < -0.4 is 0 Å². The molecule has 6 atom stereocenters. The minimum atomic E-state index is -0.648. The van der Waals surface area contributed by atoms with Crippen LogP contribution in [0.3, 0.4) is 0 Å². The highest BCUT2D eigenvalue weighted by Gasteiger charge is 2.76. The Kier molecular flexibility index (Phi) is 10.5. The molecule has 3 heterocycles. The van der Waals surface area contributed by atoms with Crippen molar-refractivity contribution in [2.45, 2.75) is 81.3 Å². The van der Waals surface area contributed by atoms with Gasteiger partial charge in [0.25, 0.3) is 0 Å². The molecule has 0 radical (unpaired) electrons. The number of likely N-dealkylation sites (tertiary alicyclic amines) is 1. The summed E-state index contributed by atoms with van der Waals surface area (Å²) in [6, 6.07) is -0.640. The second-order valence-corrected chi connectivity index (χ2v) is 11.9. The van der Waals surface area contributed by atoms with E-state index < -0.39 is 22.6 Å². The van der Waals surface area contributed by atoms with Gasteiger partial charge in [-0.25, -0.2) is 0 Å². The molecule has 36 heavy (non-hydrogen) atoms. The number of allylic oxidation sites excluding steroid dienone is 1. The van der Waals surface area contributed by atoms with Crippen LogP contribution in [0.4, 0.5) is 0 Å². The Morgan fingerprint density at radius 3 is 2.67 bits per heavy atom. The Labute approximate surface area is 220 Å². The molecule has 3 aliphatic heterocycles. The van der Waals surface area contributed by atoms with Gasteiger partial charge >= 0.3 is 5.97 Å². The number of nitrogens with zero attached hydrogens (tertiary/aromatic N) is 2. The standard InChI is InChI=1S/C28H44N2O5S/c1-5-8-10-12-18-35-27(34)22-21-19-20(4)28(36-21)23(22)25(32)30(16-13-17-31)24(28)26(33)29(14-7-3)15-11-9-6-2/h5,7,20-24,31H,1,3,6,8-19H2,2,4H3/t20?,21-,22+,23+,24?,28?/m1/s1. The number of aliphatic hydroxyl groups is 1. The number of rotatable bonds is 16. The van der Waals surface area contributed by atoms with E-state index in [1.807, 2.05) is 11.0 Å². The molecule has 0 aromatic rings. The predicted octanol–water partition coefficient (Wildman–Crippen LogP) is 3.81. The first kappa shape index (κ1) is 28.8. The van der Waals surface area contributed by atoms with Crippen LogP contribution in [-0.2, 0) is 19.1 Å². The number of unbranched alkanes of at least 4 members (excludes halogenated alkanes) is 4. The topological polar surface area (TPSA) is 87.1 Å². The van der Waals surface area contributed by atoms with Gasteiger partial charge in [0.15, 0.2) is 0 Å². The third-order valence-electron chi connectivity index (χ3n) is 8.05. The average molecular weight is 521 g/mol. The summed E-state index contributed by atoms with van der Waals surface area (Å²) in [5.74, 6) is -1.47. The summed E-state index contributed by atoms with van der Waals surface area (Å²) in [7, 11) is 0. The molecule has 0 aliphatic carbocycles. The summed E-state index contributed by atoms with van der Waals surface area (Å²) < 4.78 is 5.02. The van der Waals surface area contributed by atoms with E-state index in [-0.39, 0.29) is 35.6 Å². The number of ether oxygens (including phenoxy) is 1. The first-order chi connectivity index (χ1) is 17.4. The van der Waals surface area contributed by atoms with Gasteiger partial charge < -0.3 is 19.6 Å². The Bertz CT molecular complexity index is 820. The van der Waals surface area contributed by atoms with Gasteiger partial charge in [-0.2, -0.15) is 0 Å². The SMILES string of the molecule is C=CCCCCOC(=O)[C@@H]1[C@H]2C(=O)N(CCCO)C(C(=O)N(CC=C)CCCCC)C23S[C@@H]1CC3C. The predicted molar refractivity (Wildman–Crippen MR) is 143 cm³/mol. The first-order valence-electron chi connectivity index (χ1n) is 13.6. The molecule has 0 aromatic heterocycles. The zero-order valence-electron chi connectivity index (χ0n) is 22.0. The normalized spacial score (nSPS) is 30.4. The molecule has 7 nitrogen and oxygen atoms in total. The molecular weight excluding hydrogens is 476 g/mol. The van der Waals surface area contributed by atoms with Crippen molar-refractivity contribution in [3.63, 3.8) is 0 Å². The summed E-state index contributed by atoms with van der Waals surface area (Å²) >= 11 is 1.67. The highest BCUT2D eigenvalue weighted by Crippen LogP contribution is 2.68. The van der Waals surface area contributed by atoms with E-state index in [1.54, 1.807) is 22.7 Å². The molecule has 3 fully saturated rings. The van der Waals surface area contributed by atoms with Crippen molar-refractivity contribution in [2.24, 2.45) is 17.8 Å². The van der Waals surface area contributed by atoms with Crippen molar-refractivity contribution >= 4 is 29.5 Å². The zero-order chi connectivity index (χ0) is 26.3. The van der Waals surface area contributed by atoms with Crippen molar-refractivity contribution in [3.05, 3.63) is 25.3 Å². The van der Waals surface area contributed by atoms with Crippen molar-refractivity contribution in [1.29, 1.82) is 0 Å². The van der Waals surface area contributed by atoms with Crippen LogP contribution in [0.15, 0.2) is 25.3 Å². The van der Waals surface area contributed by atoms with Crippen LogP contribution in [0, 0.1) is 17.8 Å². The maximum absolute atomic E-state index is 14.2. The molecule has 8 heteroatoms. The zero-order valence-corrected chi connectivity index (χ0v) is 22.8. The van der Waals surface area contributed by atoms with E-state index in [0.29, 0.717) is 32.7 Å². The highest BCUT2D eigenvalue weighted by molar-refractivity contribution is 8.02. The number of carbonyl (C=O) groups is 3. The minimum absolute atomic E-state index is 0.0159. The van der Waals surface area contributed by atoms with Crippen molar-refractivity contribution in [1.82, 2.24) is 9.80 Å². The maximum atomic E-state index is 14.2. The molecule has 3 unspecified atom stereocenters. The van der Waals surface area contributed by atoms with Crippen LogP contribution >= 0.6 is 11.8 Å². The molecule has 202 valence electrons. The van der Waals surface area contributed by atoms with E-state index in [1.165, 1.54) is 0 Å². The van der Waals surface area contributed by atoms with Gasteiger partial charge in [0.2, 0.25) is 11.8 Å². The smallest absolute Gasteiger partial charge is 0.310 e. The fraction of sp³-hybridized carbons (Fsp3) is 0.750. The van der Waals surface area contributed by atoms with Gasteiger partial charge in [0.05, 0.1) is 23.2 Å². The number of carbonyl (C=O) groups excluding carboxylic acids is 3. The maximum Gasteiger partial charge on any atom is 0.310 e. The Morgan fingerprint density at radius 1 is 1.22 bits per heavy atom. The lowest BCUT2D eigenvalue weighted by molar-refractivity contribution is -0.154. The Balaban J connectivity index is 1.89. The number of fused-ring (bicyclic) bond motifs is 1. The lowest BCUT2D eigenvalue weighted by Gasteiger charge is -2.40. The van der Waals surface area contributed by atoms with Crippen LogP contribution in [-0.4, -0.2) is 81.6 Å². The Hall–Kier alpha value is -1.80. The summed E-state index contributed by atoms with van der Waals surface area (Å²) in [4.78, 5) is 44.9. The monoisotopic (exact) mass is 520 g/mol. The summed E-state index contributed by atoms with van der Waals surface area (Å²) in [6.45, 7) is 13.5. The summed E-state index contributed by atoms with van der Waals surface area (Å²) in [5.41, 5.74) is 0. The van der Waals surface area contributed by atoms with Gasteiger partial charge in [-0.3, -0.25) is 14.4 Å². The van der Waals surface area contributed by atoms with Gasteiger partial charge in [0.1, 0.15) is 6.04 Å². The fourth-order valence-corrected chi connectivity index (χ4v) is 8.78. The van der Waals surface area contributed by atoms with Gasteiger partial charge in [-0.1, -0.05) is 38.8 Å². The van der Waals surface area contributed by atoms with E-state index >= 15 is 0 Å². The van der Waals surface area contributed by atoms with Crippen LogP contribution in [0.2, 0.25) is 0 Å². The van der Waals surface area contributed by atoms with E-state index in [0.717, 1.165) is 44.9 Å². The van der Waals surface area contributed by atoms with Gasteiger partial charge in [-0.05, 0) is 44.4 Å². The molecular formula is C28H44N2O5S. The molecule has 1 N–H and O–H groups in total. The molecule has 0 saturated carbocycles. The van der Waals surface area contributed by atoms with E-state index in [4.69, 9.17) is 4.74 Å². The average Bonchev–Trinajstić information content (AvgIpc) is 3.45. The Morgan fingerprint density at radius 2 is 2.00 bits per heavy atom. The van der Waals surface area contributed by atoms with Crippen LogP contribution in [0.25, 0.3) is 0 Å². The second-order valence-electron chi connectivity index (χ2n) is 10.4. The summed E-state index contributed by atoms with van der Waals surface area (Å²) in [5, 5.41) is 9.51. The van der Waals surface area contributed by atoms with E-state index in [2.05, 4.69) is 27.0 Å². The van der Waals surface area contributed by atoms with Gasteiger partial charge in [0, 0.05) is 31.5 Å².